The van der Waals surface area contributed by atoms with Crippen molar-refractivity contribution in [3.63, 3.8) is 0 Å². The molecule has 0 saturated heterocycles. The molecule has 1 aliphatic rings. The standard InChI is InChI=1S/C26H25ClN2O5/c1-31-20-11-19-22(17-8-6-5-7-16(17)20)15(12-27)13-29(19)26(30)18-9-14-10-21(32-2)24(33-3)25(34-4)23(14)28-18/h5-11,15,28H,12-13H2,1-4H3/t15-/m1/s1. The number of aromatic nitrogens is 1. The molecule has 1 N–H and O–H groups in total. The van der Waals surface area contributed by atoms with Crippen LogP contribution in [0.4, 0.5) is 5.69 Å². The van der Waals surface area contributed by atoms with Crippen LogP contribution in [0.15, 0.2) is 42.5 Å². The number of fused-ring (bicyclic) bond motifs is 4. The zero-order chi connectivity index (χ0) is 24.0. The summed E-state index contributed by atoms with van der Waals surface area (Å²) in [6.45, 7) is 0.480. The van der Waals surface area contributed by atoms with E-state index in [1.807, 2.05) is 30.3 Å². The second-order valence-electron chi connectivity index (χ2n) is 8.12. The minimum Gasteiger partial charge on any atom is -0.496 e. The maximum Gasteiger partial charge on any atom is 0.274 e. The highest BCUT2D eigenvalue weighted by Gasteiger charge is 2.35. The fourth-order valence-electron chi connectivity index (χ4n) is 4.90. The first kappa shape index (κ1) is 22.2. The molecular formula is C26H25ClN2O5. The first-order chi connectivity index (χ1) is 16.6. The molecule has 0 radical (unpaired) electrons. The summed E-state index contributed by atoms with van der Waals surface area (Å²) in [5.74, 6) is 2.43. The molecule has 1 aliphatic heterocycles. The number of nitrogens with zero attached hydrogens (tertiary/aromatic N) is 1. The van der Waals surface area contributed by atoms with Crippen molar-refractivity contribution in [1.82, 2.24) is 4.98 Å². The van der Waals surface area contributed by atoms with Crippen LogP contribution in [0.3, 0.4) is 0 Å². The minimum atomic E-state index is -0.164. The van der Waals surface area contributed by atoms with Crippen LogP contribution in [0.5, 0.6) is 23.0 Å². The van der Waals surface area contributed by atoms with Gasteiger partial charge in [-0.15, -0.1) is 11.6 Å². The summed E-state index contributed by atoms with van der Waals surface area (Å²) in [5, 5.41) is 2.83. The van der Waals surface area contributed by atoms with Crippen molar-refractivity contribution in [3.8, 4) is 23.0 Å². The maximum absolute atomic E-state index is 13.8. The molecule has 4 aromatic rings. The van der Waals surface area contributed by atoms with E-state index in [1.165, 1.54) is 0 Å². The molecule has 1 aromatic heterocycles. The lowest BCUT2D eigenvalue weighted by atomic mass is 9.95. The zero-order valence-electron chi connectivity index (χ0n) is 19.4. The van der Waals surface area contributed by atoms with Gasteiger partial charge in [0.15, 0.2) is 11.5 Å². The van der Waals surface area contributed by atoms with Crippen molar-refractivity contribution in [1.29, 1.82) is 0 Å². The van der Waals surface area contributed by atoms with E-state index in [1.54, 1.807) is 39.4 Å². The van der Waals surface area contributed by atoms with E-state index in [0.29, 0.717) is 40.9 Å². The van der Waals surface area contributed by atoms with Crippen LogP contribution in [0, 0.1) is 0 Å². The third kappa shape index (κ3) is 3.22. The number of carbonyl (C=O) groups excluding carboxylic acids is 1. The molecule has 0 aliphatic carbocycles. The monoisotopic (exact) mass is 480 g/mol. The lowest BCUT2D eigenvalue weighted by Gasteiger charge is -2.18. The lowest BCUT2D eigenvalue weighted by molar-refractivity contribution is 0.0984. The highest BCUT2D eigenvalue weighted by atomic mass is 35.5. The first-order valence-electron chi connectivity index (χ1n) is 10.8. The molecule has 0 bridgehead atoms. The number of anilines is 1. The number of H-pyrrole nitrogens is 1. The van der Waals surface area contributed by atoms with Crippen molar-refractivity contribution >= 4 is 44.9 Å². The third-order valence-electron chi connectivity index (χ3n) is 6.43. The Morgan fingerprint density at radius 3 is 2.32 bits per heavy atom. The van der Waals surface area contributed by atoms with E-state index >= 15 is 0 Å². The second kappa shape index (κ2) is 8.65. The van der Waals surface area contributed by atoms with Gasteiger partial charge in [0.25, 0.3) is 5.91 Å². The number of rotatable bonds is 6. The van der Waals surface area contributed by atoms with Crippen molar-refractivity contribution < 1.29 is 23.7 Å². The van der Waals surface area contributed by atoms with Gasteiger partial charge in [0.05, 0.1) is 39.6 Å². The summed E-state index contributed by atoms with van der Waals surface area (Å²) in [4.78, 5) is 18.8. The molecule has 2 heterocycles. The summed E-state index contributed by atoms with van der Waals surface area (Å²) < 4.78 is 22.2. The molecule has 0 spiro atoms. The number of halogens is 1. The predicted molar refractivity (Wildman–Crippen MR) is 134 cm³/mol. The highest BCUT2D eigenvalue weighted by Crippen LogP contribution is 2.47. The number of benzene rings is 3. The number of hydrogen-bond donors (Lipinski definition) is 1. The van der Waals surface area contributed by atoms with E-state index in [0.717, 1.165) is 33.2 Å². The average molecular weight is 481 g/mol. The number of hydrogen-bond acceptors (Lipinski definition) is 5. The number of ether oxygens (including phenoxy) is 4. The first-order valence-corrected chi connectivity index (χ1v) is 11.4. The van der Waals surface area contributed by atoms with E-state index in [-0.39, 0.29) is 11.8 Å². The fraction of sp³-hybridized carbons (Fsp3) is 0.269. The summed E-state index contributed by atoms with van der Waals surface area (Å²) in [7, 11) is 6.30. The van der Waals surface area contributed by atoms with Crippen molar-refractivity contribution in [3.05, 3.63) is 53.7 Å². The van der Waals surface area contributed by atoms with Gasteiger partial charge in [0, 0.05) is 35.2 Å². The topological polar surface area (TPSA) is 73.0 Å². The summed E-state index contributed by atoms with van der Waals surface area (Å²) >= 11 is 6.37. The molecule has 176 valence electrons. The molecule has 0 saturated carbocycles. The fourth-order valence-corrected chi connectivity index (χ4v) is 5.16. The van der Waals surface area contributed by atoms with Crippen LogP contribution in [-0.4, -0.2) is 51.8 Å². The van der Waals surface area contributed by atoms with E-state index in [9.17, 15) is 4.79 Å². The molecule has 0 fully saturated rings. The van der Waals surface area contributed by atoms with E-state index in [4.69, 9.17) is 30.5 Å². The van der Waals surface area contributed by atoms with Crippen molar-refractivity contribution in [2.24, 2.45) is 0 Å². The summed E-state index contributed by atoms with van der Waals surface area (Å²) in [6.07, 6.45) is 0. The van der Waals surface area contributed by atoms with Gasteiger partial charge >= 0.3 is 0 Å². The van der Waals surface area contributed by atoms with Crippen molar-refractivity contribution in [2.45, 2.75) is 5.92 Å². The van der Waals surface area contributed by atoms with Gasteiger partial charge in [-0.25, -0.2) is 0 Å². The Kier molecular flexibility index (Phi) is 5.65. The van der Waals surface area contributed by atoms with Crippen LogP contribution in [0.1, 0.15) is 22.0 Å². The highest BCUT2D eigenvalue weighted by molar-refractivity contribution is 6.19. The predicted octanol–water partition coefficient (Wildman–Crippen LogP) is 5.34. The smallest absolute Gasteiger partial charge is 0.274 e. The molecule has 5 rings (SSSR count). The van der Waals surface area contributed by atoms with Gasteiger partial charge in [-0.05, 0) is 23.1 Å². The molecule has 1 atom stereocenters. The van der Waals surface area contributed by atoms with Gasteiger partial charge < -0.3 is 28.8 Å². The van der Waals surface area contributed by atoms with E-state index in [2.05, 4.69) is 11.1 Å². The lowest BCUT2D eigenvalue weighted by Crippen LogP contribution is -2.30. The Morgan fingerprint density at radius 2 is 1.68 bits per heavy atom. The Balaban J connectivity index is 1.65. The molecule has 7 nitrogen and oxygen atoms in total. The average Bonchev–Trinajstić information content (AvgIpc) is 3.47. The Morgan fingerprint density at radius 1 is 0.971 bits per heavy atom. The third-order valence-corrected chi connectivity index (χ3v) is 6.80. The number of nitrogens with one attached hydrogen (secondary N) is 1. The van der Waals surface area contributed by atoms with Gasteiger partial charge in [-0.3, -0.25) is 4.79 Å². The van der Waals surface area contributed by atoms with Gasteiger partial charge in [0.2, 0.25) is 5.75 Å². The van der Waals surface area contributed by atoms with Crippen molar-refractivity contribution in [2.75, 3.05) is 45.8 Å². The summed E-state index contributed by atoms with van der Waals surface area (Å²) in [5.41, 5.74) is 2.97. The quantitative estimate of drug-likeness (QED) is 0.377. The second-order valence-corrected chi connectivity index (χ2v) is 8.43. The maximum atomic E-state index is 13.8. The normalized spacial score (nSPS) is 15.0. The Hall–Kier alpha value is -3.58. The van der Waals surface area contributed by atoms with Gasteiger partial charge in [0.1, 0.15) is 11.4 Å². The van der Waals surface area contributed by atoms with Gasteiger partial charge in [-0.1, -0.05) is 24.3 Å². The molecule has 34 heavy (non-hydrogen) atoms. The van der Waals surface area contributed by atoms with E-state index < -0.39 is 0 Å². The number of carbonyl (C=O) groups is 1. The SMILES string of the molecule is COc1cc2cc(C(=O)N3C[C@@H](CCl)c4c3cc(OC)c3ccccc43)[nH]c2c(OC)c1OC. The number of aromatic amines is 1. The minimum absolute atomic E-state index is 0.00975. The Bertz CT molecular complexity index is 1410. The molecular weight excluding hydrogens is 456 g/mol. The van der Waals surface area contributed by atoms with Crippen LogP contribution >= 0.6 is 11.6 Å². The number of methoxy groups -OCH3 is 4. The van der Waals surface area contributed by atoms with Crippen LogP contribution < -0.4 is 23.8 Å². The molecule has 1 amide bonds. The Labute approximate surface area is 202 Å². The van der Waals surface area contributed by atoms with Crippen LogP contribution in [0.2, 0.25) is 0 Å². The van der Waals surface area contributed by atoms with Crippen LogP contribution in [-0.2, 0) is 0 Å². The summed E-state index contributed by atoms with van der Waals surface area (Å²) in [6, 6.07) is 13.6. The zero-order valence-corrected chi connectivity index (χ0v) is 20.2. The van der Waals surface area contributed by atoms with Crippen LogP contribution in [0.25, 0.3) is 21.7 Å². The molecule has 0 unspecified atom stereocenters. The number of alkyl halides is 1. The molecule has 8 heteroatoms. The molecule has 3 aromatic carbocycles. The number of amides is 1. The largest absolute Gasteiger partial charge is 0.496 e. The van der Waals surface area contributed by atoms with Gasteiger partial charge in [-0.2, -0.15) is 0 Å².